The highest BCUT2D eigenvalue weighted by atomic mass is 16.7. The summed E-state index contributed by atoms with van der Waals surface area (Å²) < 4.78 is 38.0. The van der Waals surface area contributed by atoms with Gasteiger partial charge in [0.05, 0.1) is 18.1 Å². The minimum Gasteiger partial charge on any atom is -0.508 e. The number of fused-ring (bicyclic) bond motifs is 1. The SMILES string of the molecule is COC(=O)[C@H]1O[C@@H](Oc2ccc3c(=O)c(-c4ccc(O)cc4)coc3c2)[C@H](OC(C)=O)[C@@H](OC(C)=O)[C@@H]1OC(C)=O. The van der Waals surface area contributed by atoms with Gasteiger partial charge in [-0.25, -0.2) is 4.79 Å². The topological polar surface area (TPSA) is 174 Å². The Kier molecular flexibility index (Phi) is 8.57. The molecule has 0 radical (unpaired) electrons. The van der Waals surface area contributed by atoms with E-state index in [0.29, 0.717) is 5.56 Å². The second-order valence-corrected chi connectivity index (χ2v) is 8.97. The fourth-order valence-corrected chi connectivity index (χ4v) is 4.33. The molecule has 1 saturated heterocycles. The first kappa shape index (κ1) is 29.1. The minimum atomic E-state index is -1.63. The number of hydrogen-bond acceptors (Lipinski definition) is 13. The van der Waals surface area contributed by atoms with Crippen LogP contribution in [-0.4, -0.2) is 66.8 Å². The summed E-state index contributed by atoms with van der Waals surface area (Å²) in [5, 5.41) is 9.74. The lowest BCUT2D eigenvalue weighted by molar-refractivity contribution is -0.282. The summed E-state index contributed by atoms with van der Waals surface area (Å²) >= 11 is 0. The smallest absolute Gasteiger partial charge is 0.339 e. The van der Waals surface area contributed by atoms with E-state index in [2.05, 4.69) is 0 Å². The van der Waals surface area contributed by atoms with E-state index in [0.717, 1.165) is 27.9 Å². The highest BCUT2D eigenvalue weighted by molar-refractivity contribution is 5.82. The van der Waals surface area contributed by atoms with Crippen LogP contribution in [-0.2, 0) is 42.9 Å². The molecule has 5 atom stereocenters. The highest BCUT2D eigenvalue weighted by Gasteiger charge is 2.55. The average molecular weight is 571 g/mol. The van der Waals surface area contributed by atoms with Gasteiger partial charge < -0.3 is 37.9 Å². The van der Waals surface area contributed by atoms with Gasteiger partial charge in [0.25, 0.3) is 0 Å². The number of aromatic hydroxyl groups is 1. The van der Waals surface area contributed by atoms with Crippen LogP contribution in [0.1, 0.15) is 20.8 Å². The van der Waals surface area contributed by atoms with Crippen molar-refractivity contribution in [3.63, 3.8) is 0 Å². The molecule has 0 bridgehead atoms. The van der Waals surface area contributed by atoms with Crippen molar-refractivity contribution in [2.45, 2.75) is 51.5 Å². The first-order valence-corrected chi connectivity index (χ1v) is 12.2. The molecule has 3 aromatic rings. The molecule has 1 aliphatic rings. The monoisotopic (exact) mass is 570 g/mol. The van der Waals surface area contributed by atoms with Crippen molar-refractivity contribution >= 4 is 34.8 Å². The number of esters is 4. The summed E-state index contributed by atoms with van der Waals surface area (Å²) in [5.74, 6) is -3.34. The average Bonchev–Trinajstić information content (AvgIpc) is 2.91. The maximum Gasteiger partial charge on any atom is 0.339 e. The Labute approximate surface area is 232 Å². The largest absolute Gasteiger partial charge is 0.508 e. The van der Waals surface area contributed by atoms with E-state index in [1.54, 1.807) is 12.1 Å². The Balaban J connectivity index is 1.71. The summed E-state index contributed by atoms with van der Waals surface area (Å²) in [4.78, 5) is 61.5. The Hall–Kier alpha value is -4.91. The van der Waals surface area contributed by atoms with Crippen LogP contribution < -0.4 is 10.2 Å². The van der Waals surface area contributed by atoms with Gasteiger partial charge in [0, 0.05) is 26.8 Å². The standard InChI is InChI=1S/C28H26O13/c1-13(29)37-23-24(38-14(2)30)26(39-15(3)31)28(41-25(23)27(34)35-4)40-18-9-10-19-21(11-18)36-12-20(22(19)33)16-5-7-17(32)8-6-16/h5-12,23-26,28,32H,1-4H3/t23-,24-,25-,26+,28+/m0/s1. The zero-order valence-corrected chi connectivity index (χ0v) is 22.4. The Morgan fingerprint density at radius 3 is 2.05 bits per heavy atom. The first-order valence-electron chi connectivity index (χ1n) is 12.2. The van der Waals surface area contributed by atoms with Crippen molar-refractivity contribution in [1.29, 1.82) is 0 Å². The van der Waals surface area contributed by atoms with Crippen molar-refractivity contribution in [2.24, 2.45) is 0 Å². The van der Waals surface area contributed by atoms with Crippen LogP contribution in [0.5, 0.6) is 11.5 Å². The third-order valence-corrected chi connectivity index (χ3v) is 6.01. The molecule has 1 N–H and O–H groups in total. The Morgan fingerprint density at radius 2 is 1.44 bits per heavy atom. The van der Waals surface area contributed by atoms with Crippen LogP contribution in [0.15, 0.2) is 57.9 Å². The number of phenolic OH excluding ortho intramolecular Hbond substituents is 1. The molecular formula is C28H26O13. The fraction of sp³-hybridized carbons (Fsp3) is 0.321. The molecule has 13 nitrogen and oxygen atoms in total. The van der Waals surface area contributed by atoms with Gasteiger partial charge >= 0.3 is 23.9 Å². The number of ether oxygens (including phenoxy) is 6. The van der Waals surface area contributed by atoms with E-state index >= 15 is 0 Å². The molecule has 0 unspecified atom stereocenters. The van der Waals surface area contributed by atoms with E-state index in [1.807, 2.05) is 0 Å². The molecule has 0 amide bonds. The van der Waals surface area contributed by atoms with Gasteiger partial charge in [-0.05, 0) is 29.8 Å². The van der Waals surface area contributed by atoms with Gasteiger partial charge in [-0.2, -0.15) is 0 Å². The summed E-state index contributed by atoms with van der Waals surface area (Å²) in [5.41, 5.74) is 0.582. The van der Waals surface area contributed by atoms with Crippen LogP contribution in [0.3, 0.4) is 0 Å². The molecule has 1 aliphatic heterocycles. The lowest BCUT2D eigenvalue weighted by Crippen LogP contribution is -2.64. The normalized spacial score (nSPS) is 21.9. The van der Waals surface area contributed by atoms with Crippen LogP contribution >= 0.6 is 0 Å². The predicted molar refractivity (Wildman–Crippen MR) is 138 cm³/mol. The summed E-state index contributed by atoms with van der Waals surface area (Å²) in [7, 11) is 1.07. The molecule has 2 aromatic carbocycles. The molecule has 0 saturated carbocycles. The fourth-order valence-electron chi connectivity index (χ4n) is 4.33. The lowest BCUT2D eigenvalue weighted by Gasteiger charge is -2.43. The summed E-state index contributed by atoms with van der Waals surface area (Å²) in [6.45, 7) is 3.23. The number of hydrogen-bond donors (Lipinski definition) is 1. The number of rotatable bonds is 7. The molecule has 13 heteroatoms. The highest BCUT2D eigenvalue weighted by Crippen LogP contribution is 2.32. The number of carbonyl (C=O) groups excluding carboxylic acids is 4. The maximum absolute atomic E-state index is 13.1. The van der Waals surface area contributed by atoms with Gasteiger partial charge in [-0.15, -0.1) is 0 Å². The molecule has 2 heterocycles. The van der Waals surface area contributed by atoms with Crippen molar-refractivity contribution in [2.75, 3.05) is 7.11 Å². The van der Waals surface area contributed by atoms with Crippen LogP contribution in [0.4, 0.5) is 0 Å². The summed E-state index contributed by atoms with van der Waals surface area (Å²) in [6, 6.07) is 10.2. The minimum absolute atomic E-state index is 0.0438. The molecule has 1 aromatic heterocycles. The lowest BCUT2D eigenvalue weighted by atomic mass is 9.97. The van der Waals surface area contributed by atoms with Crippen LogP contribution in [0.2, 0.25) is 0 Å². The number of methoxy groups -OCH3 is 1. The molecule has 41 heavy (non-hydrogen) atoms. The molecule has 0 aliphatic carbocycles. The summed E-state index contributed by atoms with van der Waals surface area (Å²) in [6.07, 6.45) is -6.50. The number of phenols is 1. The molecule has 4 rings (SSSR count). The van der Waals surface area contributed by atoms with Crippen LogP contribution in [0.25, 0.3) is 22.1 Å². The van der Waals surface area contributed by atoms with Gasteiger partial charge in [0.2, 0.25) is 12.4 Å². The van der Waals surface area contributed by atoms with Gasteiger partial charge in [-0.3, -0.25) is 19.2 Å². The molecular weight excluding hydrogens is 544 g/mol. The van der Waals surface area contributed by atoms with Crippen molar-refractivity contribution in [3.05, 3.63) is 59.0 Å². The van der Waals surface area contributed by atoms with Gasteiger partial charge in [0.1, 0.15) is 23.3 Å². The van der Waals surface area contributed by atoms with E-state index in [4.69, 9.17) is 32.8 Å². The van der Waals surface area contributed by atoms with Crippen molar-refractivity contribution in [3.8, 4) is 22.6 Å². The van der Waals surface area contributed by atoms with Crippen molar-refractivity contribution in [1.82, 2.24) is 0 Å². The van der Waals surface area contributed by atoms with E-state index in [9.17, 15) is 29.1 Å². The van der Waals surface area contributed by atoms with Crippen LogP contribution in [0, 0.1) is 0 Å². The third-order valence-electron chi connectivity index (χ3n) is 6.01. The Morgan fingerprint density at radius 1 is 0.829 bits per heavy atom. The number of carbonyl (C=O) groups is 4. The molecule has 0 spiro atoms. The van der Waals surface area contributed by atoms with E-state index < -0.39 is 54.6 Å². The predicted octanol–water partition coefficient (Wildman–Crippen LogP) is 2.24. The van der Waals surface area contributed by atoms with E-state index in [-0.39, 0.29) is 33.5 Å². The second-order valence-electron chi connectivity index (χ2n) is 8.97. The van der Waals surface area contributed by atoms with E-state index in [1.165, 1.54) is 36.6 Å². The van der Waals surface area contributed by atoms with Gasteiger partial charge in [0.15, 0.2) is 23.7 Å². The van der Waals surface area contributed by atoms with Crippen molar-refractivity contribution < 1.29 is 57.1 Å². The molecule has 1 fully saturated rings. The molecule has 216 valence electrons. The second kappa shape index (κ2) is 12.1. The van der Waals surface area contributed by atoms with Gasteiger partial charge in [-0.1, -0.05) is 12.1 Å². The Bertz CT molecular complexity index is 1520. The first-order chi connectivity index (χ1) is 19.5. The zero-order valence-electron chi connectivity index (χ0n) is 22.4. The zero-order chi connectivity index (χ0) is 29.8. The third kappa shape index (κ3) is 6.47. The number of benzene rings is 2. The maximum atomic E-state index is 13.1. The quantitative estimate of drug-likeness (QED) is 0.324.